The Morgan fingerprint density at radius 3 is 2.40 bits per heavy atom. The number of H-pyrrole nitrogens is 1. The van der Waals surface area contributed by atoms with Crippen LogP contribution in [0.5, 0.6) is 0 Å². The number of aromatic nitrogens is 4. The van der Waals surface area contributed by atoms with Gasteiger partial charge in [0.2, 0.25) is 11.8 Å². The molecule has 0 aromatic carbocycles. The number of carbonyl (C=O) groups excluding carboxylic acids is 2. The first-order valence-electron chi connectivity index (χ1n) is 14.7. The molecule has 4 heterocycles. The SMILES string of the molecule is CCCCCCCCCCCC(=O)NCC(=O)N[C@@H]1[C@H]2OC(C)(C)O[C@H]2[C@@H](Nc2ncnc3nc[nH]c23)O[C@H]1C. The molecule has 2 aromatic heterocycles. The monoisotopic (exact) mass is 559 g/mol. The molecule has 4 N–H and O–H groups in total. The summed E-state index contributed by atoms with van der Waals surface area (Å²) in [6, 6.07) is -0.468. The Bertz CT molecular complexity index is 1110. The Labute approximate surface area is 236 Å². The maximum absolute atomic E-state index is 12.8. The zero-order valence-electron chi connectivity index (χ0n) is 24.2. The van der Waals surface area contributed by atoms with Gasteiger partial charge < -0.3 is 35.1 Å². The van der Waals surface area contributed by atoms with Crippen LogP contribution in [0.3, 0.4) is 0 Å². The van der Waals surface area contributed by atoms with Gasteiger partial charge in [-0.1, -0.05) is 58.3 Å². The third-order valence-electron chi connectivity index (χ3n) is 7.47. The second kappa shape index (κ2) is 14.2. The molecule has 2 aromatic rings. The van der Waals surface area contributed by atoms with Gasteiger partial charge in [-0.2, -0.15) is 0 Å². The second-order valence-corrected chi connectivity index (χ2v) is 11.2. The quantitative estimate of drug-likeness (QED) is 0.240. The summed E-state index contributed by atoms with van der Waals surface area (Å²) >= 11 is 0. The lowest BCUT2D eigenvalue weighted by Crippen LogP contribution is -2.63. The minimum absolute atomic E-state index is 0.0957. The fourth-order valence-corrected chi connectivity index (χ4v) is 5.41. The molecule has 2 aliphatic rings. The summed E-state index contributed by atoms with van der Waals surface area (Å²) in [5, 5.41) is 9.03. The number of hydrogen-bond acceptors (Lipinski definition) is 9. The van der Waals surface area contributed by atoms with Crippen molar-refractivity contribution in [2.24, 2.45) is 0 Å². The van der Waals surface area contributed by atoms with Crippen molar-refractivity contribution < 1.29 is 23.8 Å². The Balaban J connectivity index is 1.23. The van der Waals surface area contributed by atoms with Gasteiger partial charge in [0.05, 0.1) is 25.0 Å². The average Bonchev–Trinajstić information content (AvgIpc) is 3.53. The van der Waals surface area contributed by atoms with Crippen molar-refractivity contribution >= 4 is 28.8 Å². The van der Waals surface area contributed by atoms with Crippen LogP contribution in [0, 0.1) is 0 Å². The molecule has 0 radical (unpaired) electrons. The molecule has 5 atom stereocenters. The summed E-state index contributed by atoms with van der Waals surface area (Å²) in [5.41, 5.74) is 1.19. The number of carbonyl (C=O) groups is 2. The van der Waals surface area contributed by atoms with Crippen molar-refractivity contribution in [3.8, 4) is 0 Å². The minimum atomic E-state index is -0.871. The highest BCUT2D eigenvalue weighted by atomic mass is 16.8. The third-order valence-corrected chi connectivity index (χ3v) is 7.47. The van der Waals surface area contributed by atoms with Gasteiger partial charge in [-0.15, -0.1) is 0 Å². The molecule has 2 fully saturated rings. The lowest BCUT2D eigenvalue weighted by atomic mass is 9.96. The molecule has 0 spiro atoms. The molecule has 2 amide bonds. The van der Waals surface area contributed by atoms with Crippen molar-refractivity contribution in [1.29, 1.82) is 0 Å². The molecular weight excluding hydrogens is 514 g/mol. The van der Waals surface area contributed by atoms with E-state index in [0.717, 1.165) is 19.3 Å². The molecule has 2 saturated heterocycles. The summed E-state index contributed by atoms with van der Waals surface area (Å²) in [6.07, 6.45) is 12.2. The van der Waals surface area contributed by atoms with E-state index in [1.807, 2.05) is 20.8 Å². The van der Waals surface area contributed by atoms with Crippen molar-refractivity contribution in [3.63, 3.8) is 0 Å². The third kappa shape index (κ3) is 8.11. The topological polar surface area (TPSA) is 152 Å². The fourth-order valence-electron chi connectivity index (χ4n) is 5.41. The van der Waals surface area contributed by atoms with Crippen LogP contribution in [-0.4, -0.2) is 74.7 Å². The maximum Gasteiger partial charge on any atom is 0.239 e. The first kappa shape index (κ1) is 30.1. The Hall–Kier alpha value is -2.83. The van der Waals surface area contributed by atoms with Gasteiger partial charge in [0.1, 0.15) is 24.1 Å². The molecule has 2 aliphatic heterocycles. The fraction of sp³-hybridized carbons (Fsp3) is 0.750. The van der Waals surface area contributed by atoms with E-state index in [4.69, 9.17) is 14.2 Å². The molecule has 4 rings (SSSR count). The van der Waals surface area contributed by atoms with E-state index in [0.29, 0.717) is 23.4 Å². The van der Waals surface area contributed by atoms with Gasteiger partial charge in [-0.05, 0) is 27.2 Å². The van der Waals surface area contributed by atoms with Gasteiger partial charge in [0.25, 0.3) is 0 Å². The van der Waals surface area contributed by atoms with Crippen LogP contribution >= 0.6 is 0 Å². The van der Waals surface area contributed by atoms with E-state index < -0.39 is 36.4 Å². The molecule has 12 heteroatoms. The standard InChI is InChI=1S/C28H45N7O5/c1-5-6-7-8-9-10-11-12-13-14-19(36)29-15-20(37)34-21-18(2)38-27(24-23(21)39-28(3,4)40-24)35-26-22-25(31-16-30-22)32-17-33-26/h16-18,21,23-24,27H,5-15H2,1-4H3,(H,29,36)(H,34,37)(H2,30,31,32,33,35)/t18-,21-,23+,24+,27-/m0/s1. The molecule has 12 nitrogen and oxygen atoms in total. The number of ether oxygens (including phenoxy) is 3. The molecule has 40 heavy (non-hydrogen) atoms. The van der Waals surface area contributed by atoms with Crippen LogP contribution in [0.25, 0.3) is 11.2 Å². The molecule has 0 saturated carbocycles. The summed E-state index contributed by atoms with van der Waals surface area (Å²) in [7, 11) is 0. The zero-order chi connectivity index (χ0) is 28.5. The Kier molecular flexibility index (Phi) is 10.7. The molecular formula is C28H45N7O5. The van der Waals surface area contributed by atoms with E-state index in [9.17, 15) is 9.59 Å². The van der Waals surface area contributed by atoms with E-state index in [-0.39, 0.29) is 18.4 Å². The van der Waals surface area contributed by atoms with E-state index in [1.165, 1.54) is 44.9 Å². The summed E-state index contributed by atoms with van der Waals surface area (Å²) in [5.74, 6) is -0.743. The summed E-state index contributed by atoms with van der Waals surface area (Å²) in [4.78, 5) is 40.8. The number of nitrogens with zero attached hydrogens (tertiary/aromatic N) is 3. The number of amides is 2. The first-order valence-corrected chi connectivity index (χ1v) is 14.7. The number of unbranched alkanes of at least 4 members (excludes halogenated alkanes) is 8. The normalized spacial score (nSPS) is 25.4. The first-order chi connectivity index (χ1) is 19.3. The zero-order valence-corrected chi connectivity index (χ0v) is 24.2. The van der Waals surface area contributed by atoms with Gasteiger partial charge >= 0.3 is 0 Å². The molecule has 0 bridgehead atoms. The maximum atomic E-state index is 12.8. The van der Waals surface area contributed by atoms with Crippen molar-refractivity contribution in [3.05, 3.63) is 12.7 Å². The van der Waals surface area contributed by atoms with Crippen LogP contribution < -0.4 is 16.0 Å². The Morgan fingerprint density at radius 1 is 0.950 bits per heavy atom. The smallest absolute Gasteiger partial charge is 0.239 e. The predicted molar refractivity (Wildman–Crippen MR) is 150 cm³/mol. The van der Waals surface area contributed by atoms with Gasteiger partial charge in [0, 0.05) is 6.42 Å². The highest BCUT2D eigenvalue weighted by molar-refractivity contribution is 5.85. The van der Waals surface area contributed by atoms with Crippen molar-refractivity contribution in [1.82, 2.24) is 30.6 Å². The van der Waals surface area contributed by atoms with E-state index in [2.05, 4.69) is 42.8 Å². The predicted octanol–water partition coefficient (Wildman–Crippen LogP) is 3.55. The number of imidazole rings is 1. The highest BCUT2D eigenvalue weighted by Gasteiger charge is 2.54. The number of hydrogen-bond donors (Lipinski definition) is 4. The largest absolute Gasteiger partial charge is 0.350 e. The summed E-state index contributed by atoms with van der Waals surface area (Å²) < 4.78 is 18.7. The molecule has 0 aliphatic carbocycles. The number of fused-ring (bicyclic) bond motifs is 2. The van der Waals surface area contributed by atoms with Crippen molar-refractivity contribution in [2.75, 3.05) is 11.9 Å². The van der Waals surface area contributed by atoms with Crippen LogP contribution in [0.1, 0.15) is 91.9 Å². The van der Waals surface area contributed by atoms with E-state index in [1.54, 1.807) is 6.33 Å². The van der Waals surface area contributed by atoms with Gasteiger partial charge in [-0.3, -0.25) is 9.59 Å². The van der Waals surface area contributed by atoms with Crippen LogP contribution in [0.15, 0.2) is 12.7 Å². The van der Waals surface area contributed by atoms with Crippen molar-refractivity contribution in [2.45, 2.75) is 128 Å². The number of aromatic amines is 1. The number of rotatable bonds is 15. The van der Waals surface area contributed by atoms with Crippen LogP contribution in [0.2, 0.25) is 0 Å². The average molecular weight is 560 g/mol. The van der Waals surface area contributed by atoms with Crippen LogP contribution in [-0.2, 0) is 23.8 Å². The number of anilines is 1. The lowest BCUT2D eigenvalue weighted by Gasteiger charge is -2.41. The molecule has 222 valence electrons. The highest BCUT2D eigenvalue weighted by Crippen LogP contribution is 2.38. The number of nitrogens with one attached hydrogen (secondary N) is 4. The van der Waals surface area contributed by atoms with Gasteiger partial charge in [-0.25, -0.2) is 15.0 Å². The van der Waals surface area contributed by atoms with Crippen LogP contribution in [0.4, 0.5) is 5.82 Å². The lowest BCUT2D eigenvalue weighted by molar-refractivity contribution is -0.153. The minimum Gasteiger partial charge on any atom is -0.350 e. The van der Waals surface area contributed by atoms with Gasteiger partial charge in [0.15, 0.2) is 23.5 Å². The van der Waals surface area contributed by atoms with E-state index >= 15 is 0 Å². The molecule has 0 unspecified atom stereocenters. The second-order valence-electron chi connectivity index (χ2n) is 11.2. The Morgan fingerprint density at radius 2 is 1.65 bits per heavy atom. The summed E-state index contributed by atoms with van der Waals surface area (Å²) in [6.45, 7) is 7.66.